The third kappa shape index (κ3) is 3.91. The van der Waals surface area contributed by atoms with E-state index in [0.29, 0.717) is 18.9 Å². The Hall–Kier alpha value is -1.26. The van der Waals surface area contributed by atoms with Gasteiger partial charge < -0.3 is 15.3 Å². The van der Waals surface area contributed by atoms with Crippen LogP contribution in [-0.4, -0.2) is 41.1 Å². The molecular formula is C12H22N2O3. The van der Waals surface area contributed by atoms with Crippen LogP contribution in [0.15, 0.2) is 0 Å². The Kier molecular flexibility index (Phi) is 4.78. The van der Waals surface area contributed by atoms with Gasteiger partial charge in [0, 0.05) is 19.1 Å². The summed E-state index contributed by atoms with van der Waals surface area (Å²) in [5.41, 5.74) is 0. The Morgan fingerprint density at radius 3 is 2.59 bits per heavy atom. The lowest BCUT2D eigenvalue weighted by atomic mass is 10.1. The SMILES string of the molecule is CC1CC(C)N(C(=O)NCCC(C)C(=O)O)C1. The van der Waals surface area contributed by atoms with Gasteiger partial charge in [-0.15, -0.1) is 0 Å². The van der Waals surface area contributed by atoms with E-state index in [1.807, 2.05) is 11.8 Å². The maximum absolute atomic E-state index is 11.8. The fourth-order valence-electron chi connectivity index (χ4n) is 2.20. The number of carbonyl (C=O) groups is 2. The first kappa shape index (κ1) is 13.8. The van der Waals surface area contributed by atoms with Crippen molar-refractivity contribution >= 4 is 12.0 Å². The van der Waals surface area contributed by atoms with Gasteiger partial charge in [-0.05, 0) is 25.7 Å². The summed E-state index contributed by atoms with van der Waals surface area (Å²) >= 11 is 0. The third-order valence-corrected chi connectivity index (χ3v) is 3.32. The van der Waals surface area contributed by atoms with Crippen molar-refractivity contribution in [2.75, 3.05) is 13.1 Å². The van der Waals surface area contributed by atoms with Gasteiger partial charge in [-0.2, -0.15) is 0 Å². The van der Waals surface area contributed by atoms with E-state index in [-0.39, 0.29) is 12.1 Å². The molecule has 5 nitrogen and oxygen atoms in total. The van der Waals surface area contributed by atoms with Crippen molar-refractivity contribution in [1.82, 2.24) is 10.2 Å². The van der Waals surface area contributed by atoms with Crippen LogP contribution in [0.5, 0.6) is 0 Å². The molecule has 5 heteroatoms. The van der Waals surface area contributed by atoms with Crippen LogP contribution in [0.3, 0.4) is 0 Å². The maximum atomic E-state index is 11.8. The monoisotopic (exact) mass is 242 g/mol. The van der Waals surface area contributed by atoms with Crippen LogP contribution in [0, 0.1) is 11.8 Å². The van der Waals surface area contributed by atoms with E-state index in [1.54, 1.807) is 6.92 Å². The number of nitrogens with zero attached hydrogens (tertiary/aromatic N) is 1. The summed E-state index contributed by atoms with van der Waals surface area (Å²) in [6.07, 6.45) is 1.51. The molecule has 0 aromatic heterocycles. The van der Waals surface area contributed by atoms with Crippen LogP contribution in [0.4, 0.5) is 4.79 Å². The molecule has 3 atom stereocenters. The molecule has 1 fully saturated rings. The molecule has 0 saturated carbocycles. The largest absolute Gasteiger partial charge is 0.481 e. The van der Waals surface area contributed by atoms with Crippen molar-refractivity contribution in [3.05, 3.63) is 0 Å². The van der Waals surface area contributed by atoms with Gasteiger partial charge in [0.15, 0.2) is 0 Å². The highest BCUT2D eigenvalue weighted by molar-refractivity contribution is 5.75. The van der Waals surface area contributed by atoms with Crippen LogP contribution >= 0.6 is 0 Å². The first-order chi connectivity index (χ1) is 7.91. The highest BCUT2D eigenvalue weighted by Gasteiger charge is 2.29. The van der Waals surface area contributed by atoms with Gasteiger partial charge in [0.2, 0.25) is 0 Å². The molecule has 1 saturated heterocycles. The standard InChI is InChI=1S/C12H22N2O3/c1-8-6-10(3)14(7-8)12(17)13-5-4-9(2)11(15)16/h8-10H,4-7H2,1-3H3,(H,13,17)(H,15,16). The van der Waals surface area contributed by atoms with E-state index in [9.17, 15) is 9.59 Å². The van der Waals surface area contributed by atoms with Crippen LogP contribution in [0.2, 0.25) is 0 Å². The smallest absolute Gasteiger partial charge is 0.317 e. The summed E-state index contributed by atoms with van der Waals surface area (Å²) in [4.78, 5) is 24.3. The Labute approximate surface area is 102 Å². The molecule has 1 aliphatic rings. The van der Waals surface area contributed by atoms with Crippen LogP contribution < -0.4 is 5.32 Å². The number of hydrogen-bond donors (Lipinski definition) is 2. The Morgan fingerprint density at radius 2 is 2.12 bits per heavy atom. The number of amides is 2. The number of urea groups is 1. The quantitative estimate of drug-likeness (QED) is 0.785. The summed E-state index contributed by atoms with van der Waals surface area (Å²) in [6.45, 7) is 7.04. The molecule has 3 unspecified atom stereocenters. The molecule has 1 rings (SSSR count). The van der Waals surface area contributed by atoms with E-state index >= 15 is 0 Å². The lowest BCUT2D eigenvalue weighted by Gasteiger charge is -2.22. The number of carbonyl (C=O) groups excluding carboxylic acids is 1. The summed E-state index contributed by atoms with van der Waals surface area (Å²) in [6, 6.07) is 0.210. The van der Waals surface area contributed by atoms with Crippen LogP contribution in [0.1, 0.15) is 33.6 Å². The number of hydrogen-bond acceptors (Lipinski definition) is 2. The molecule has 1 heterocycles. The average Bonchev–Trinajstić information content (AvgIpc) is 2.57. The molecule has 1 aliphatic heterocycles. The number of rotatable bonds is 4. The van der Waals surface area contributed by atoms with E-state index in [2.05, 4.69) is 12.2 Å². The number of carboxylic acid groups (broad SMARTS) is 1. The van der Waals surface area contributed by atoms with Gasteiger partial charge >= 0.3 is 12.0 Å². The van der Waals surface area contributed by atoms with Crippen molar-refractivity contribution in [2.45, 2.75) is 39.7 Å². The Balaban J connectivity index is 2.28. The fourth-order valence-corrected chi connectivity index (χ4v) is 2.20. The van der Waals surface area contributed by atoms with E-state index in [1.165, 1.54) is 0 Å². The molecule has 17 heavy (non-hydrogen) atoms. The van der Waals surface area contributed by atoms with Crippen molar-refractivity contribution in [3.63, 3.8) is 0 Å². The minimum atomic E-state index is -0.817. The van der Waals surface area contributed by atoms with Gasteiger partial charge in [-0.25, -0.2) is 4.79 Å². The predicted octanol–water partition coefficient (Wildman–Crippen LogP) is 1.54. The van der Waals surface area contributed by atoms with E-state index in [4.69, 9.17) is 5.11 Å². The van der Waals surface area contributed by atoms with Crippen molar-refractivity contribution < 1.29 is 14.7 Å². The highest BCUT2D eigenvalue weighted by Crippen LogP contribution is 2.21. The first-order valence-corrected chi connectivity index (χ1v) is 6.19. The molecule has 2 amide bonds. The number of carboxylic acids is 1. The molecule has 0 radical (unpaired) electrons. The second-order valence-electron chi connectivity index (χ2n) is 5.10. The Morgan fingerprint density at radius 1 is 1.47 bits per heavy atom. The van der Waals surface area contributed by atoms with Crippen molar-refractivity contribution in [2.24, 2.45) is 11.8 Å². The zero-order valence-electron chi connectivity index (χ0n) is 10.8. The molecule has 0 aromatic carbocycles. The molecule has 2 N–H and O–H groups in total. The molecule has 0 aromatic rings. The fraction of sp³-hybridized carbons (Fsp3) is 0.833. The normalized spacial score (nSPS) is 25.7. The van der Waals surface area contributed by atoms with Gasteiger partial charge in [0.1, 0.15) is 0 Å². The summed E-state index contributed by atoms with van der Waals surface area (Å²) < 4.78 is 0. The van der Waals surface area contributed by atoms with E-state index < -0.39 is 11.9 Å². The van der Waals surface area contributed by atoms with Gasteiger partial charge in [0.25, 0.3) is 0 Å². The summed E-state index contributed by atoms with van der Waals surface area (Å²) in [7, 11) is 0. The summed E-state index contributed by atoms with van der Waals surface area (Å²) in [5, 5.41) is 11.5. The average molecular weight is 242 g/mol. The molecule has 0 bridgehead atoms. The third-order valence-electron chi connectivity index (χ3n) is 3.32. The minimum Gasteiger partial charge on any atom is -0.481 e. The molecule has 98 valence electrons. The predicted molar refractivity (Wildman–Crippen MR) is 64.8 cm³/mol. The number of likely N-dealkylation sites (tertiary alicyclic amines) is 1. The van der Waals surface area contributed by atoms with Gasteiger partial charge in [-0.3, -0.25) is 4.79 Å². The minimum absolute atomic E-state index is 0.0700. The van der Waals surface area contributed by atoms with Crippen LogP contribution in [0.25, 0.3) is 0 Å². The molecule has 0 aliphatic carbocycles. The Bertz CT molecular complexity index is 293. The lowest BCUT2D eigenvalue weighted by Crippen LogP contribution is -2.42. The van der Waals surface area contributed by atoms with Crippen molar-refractivity contribution in [1.29, 1.82) is 0 Å². The number of aliphatic carboxylic acids is 1. The second-order valence-corrected chi connectivity index (χ2v) is 5.10. The zero-order valence-corrected chi connectivity index (χ0v) is 10.8. The summed E-state index contributed by atoms with van der Waals surface area (Å²) in [5.74, 6) is -0.679. The highest BCUT2D eigenvalue weighted by atomic mass is 16.4. The molecule has 0 spiro atoms. The van der Waals surface area contributed by atoms with E-state index in [0.717, 1.165) is 13.0 Å². The topological polar surface area (TPSA) is 69.6 Å². The van der Waals surface area contributed by atoms with Gasteiger partial charge in [-0.1, -0.05) is 13.8 Å². The van der Waals surface area contributed by atoms with Crippen molar-refractivity contribution in [3.8, 4) is 0 Å². The zero-order chi connectivity index (χ0) is 13.0. The maximum Gasteiger partial charge on any atom is 0.317 e. The molecular weight excluding hydrogens is 220 g/mol. The van der Waals surface area contributed by atoms with Gasteiger partial charge in [0.05, 0.1) is 5.92 Å². The second kappa shape index (κ2) is 5.89. The number of nitrogens with one attached hydrogen (secondary N) is 1. The van der Waals surface area contributed by atoms with Crippen LogP contribution in [-0.2, 0) is 4.79 Å². The first-order valence-electron chi connectivity index (χ1n) is 6.19. The lowest BCUT2D eigenvalue weighted by molar-refractivity contribution is -0.141.